The molecule has 2 aromatic carbocycles. The maximum atomic E-state index is 13.3. The van der Waals surface area contributed by atoms with Gasteiger partial charge in [0, 0.05) is 28.8 Å². The minimum atomic E-state index is -2.95. The van der Waals surface area contributed by atoms with Crippen LogP contribution in [0.2, 0.25) is 0 Å². The number of hydrogen-bond acceptors (Lipinski definition) is 4. The molecule has 0 spiro atoms. The predicted molar refractivity (Wildman–Crippen MR) is 96.3 cm³/mol. The van der Waals surface area contributed by atoms with Gasteiger partial charge < -0.3 is 4.74 Å². The van der Waals surface area contributed by atoms with E-state index in [9.17, 15) is 18.0 Å². The van der Waals surface area contributed by atoms with Gasteiger partial charge in [-0.2, -0.15) is 13.9 Å². The lowest BCUT2D eigenvalue weighted by Crippen LogP contribution is -2.03. The monoisotopic (exact) mass is 383 g/mol. The highest BCUT2D eigenvalue weighted by molar-refractivity contribution is 5.95. The van der Waals surface area contributed by atoms with E-state index in [0.717, 1.165) is 0 Å². The standard InChI is InChI=1S/C20H12F3N3O2/c21-14-6-4-13(5-7-14)18-17-8-12(11-27)10-24-19(17)26(25-18)15-2-1-3-16(9-15)28-20(22)23/h1-11,20H. The highest BCUT2D eigenvalue weighted by atomic mass is 19.3. The zero-order valence-corrected chi connectivity index (χ0v) is 14.2. The molecule has 0 radical (unpaired) electrons. The molecular weight excluding hydrogens is 371 g/mol. The molecule has 0 saturated heterocycles. The molecule has 140 valence electrons. The predicted octanol–water partition coefficient (Wildman–Crippen LogP) is 4.64. The molecule has 0 saturated carbocycles. The molecule has 0 unspecified atom stereocenters. The summed E-state index contributed by atoms with van der Waals surface area (Å²) in [6.07, 6.45) is 2.05. The van der Waals surface area contributed by atoms with Crippen LogP contribution in [0.1, 0.15) is 10.4 Å². The second-order valence-corrected chi connectivity index (χ2v) is 5.90. The van der Waals surface area contributed by atoms with Gasteiger partial charge in [0.15, 0.2) is 11.9 Å². The van der Waals surface area contributed by atoms with Gasteiger partial charge >= 0.3 is 6.61 Å². The summed E-state index contributed by atoms with van der Waals surface area (Å²) in [5.41, 5.74) is 2.31. The molecule has 2 aromatic heterocycles. The Morgan fingerprint density at radius 1 is 1.07 bits per heavy atom. The number of aldehydes is 1. The van der Waals surface area contributed by atoms with Crippen molar-refractivity contribution in [1.82, 2.24) is 14.8 Å². The first-order valence-electron chi connectivity index (χ1n) is 8.20. The van der Waals surface area contributed by atoms with Crippen LogP contribution in [0.4, 0.5) is 13.2 Å². The first-order chi connectivity index (χ1) is 13.5. The van der Waals surface area contributed by atoms with Crippen LogP contribution >= 0.6 is 0 Å². The maximum absolute atomic E-state index is 13.3. The Kier molecular flexibility index (Phi) is 4.52. The lowest BCUT2D eigenvalue weighted by molar-refractivity contribution is -0.0498. The molecule has 5 nitrogen and oxygen atoms in total. The van der Waals surface area contributed by atoms with Gasteiger partial charge in [0.25, 0.3) is 0 Å². The highest BCUT2D eigenvalue weighted by Crippen LogP contribution is 2.30. The van der Waals surface area contributed by atoms with Crippen LogP contribution in [-0.4, -0.2) is 27.7 Å². The average Bonchev–Trinajstić information content (AvgIpc) is 3.07. The van der Waals surface area contributed by atoms with Crippen LogP contribution in [-0.2, 0) is 0 Å². The highest BCUT2D eigenvalue weighted by Gasteiger charge is 2.16. The number of halogens is 3. The van der Waals surface area contributed by atoms with Crippen LogP contribution in [0.15, 0.2) is 60.8 Å². The number of benzene rings is 2. The number of fused-ring (bicyclic) bond motifs is 1. The Hall–Kier alpha value is -3.68. The van der Waals surface area contributed by atoms with Crippen molar-refractivity contribution in [2.75, 3.05) is 0 Å². The number of carbonyl (C=O) groups is 1. The van der Waals surface area contributed by atoms with Crippen molar-refractivity contribution < 1.29 is 22.7 Å². The van der Waals surface area contributed by atoms with Crippen molar-refractivity contribution in [2.24, 2.45) is 0 Å². The summed E-state index contributed by atoms with van der Waals surface area (Å²) in [6.45, 7) is -2.95. The molecule has 0 fully saturated rings. The first kappa shape index (κ1) is 17.7. The minimum absolute atomic E-state index is 0.0241. The number of hydrogen-bond donors (Lipinski definition) is 0. The van der Waals surface area contributed by atoms with Crippen LogP contribution < -0.4 is 4.74 Å². The smallest absolute Gasteiger partial charge is 0.387 e. The van der Waals surface area contributed by atoms with Gasteiger partial charge in [-0.15, -0.1) is 0 Å². The SMILES string of the molecule is O=Cc1cnc2c(c1)c(-c1ccc(F)cc1)nn2-c1cccc(OC(F)F)c1. The van der Waals surface area contributed by atoms with E-state index in [1.807, 2.05) is 0 Å². The van der Waals surface area contributed by atoms with Gasteiger partial charge in [-0.05, 0) is 42.5 Å². The summed E-state index contributed by atoms with van der Waals surface area (Å²) >= 11 is 0. The third-order valence-electron chi connectivity index (χ3n) is 4.08. The Labute approximate surface area is 157 Å². The third kappa shape index (κ3) is 3.32. The lowest BCUT2D eigenvalue weighted by Gasteiger charge is -2.07. The molecule has 4 rings (SSSR count). The van der Waals surface area contributed by atoms with Gasteiger partial charge in [0.2, 0.25) is 0 Å². The molecule has 0 amide bonds. The zero-order valence-electron chi connectivity index (χ0n) is 14.2. The molecular formula is C20H12F3N3O2. The fraction of sp³-hybridized carbons (Fsp3) is 0.0500. The number of ether oxygens (including phenoxy) is 1. The minimum Gasteiger partial charge on any atom is -0.435 e. The van der Waals surface area contributed by atoms with Gasteiger partial charge in [-0.1, -0.05) is 6.07 Å². The number of rotatable bonds is 5. The molecule has 0 N–H and O–H groups in total. The van der Waals surface area contributed by atoms with Gasteiger partial charge in [0.1, 0.15) is 17.3 Å². The second kappa shape index (κ2) is 7.15. The van der Waals surface area contributed by atoms with E-state index < -0.39 is 12.4 Å². The Balaban J connectivity index is 1.92. The van der Waals surface area contributed by atoms with Gasteiger partial charge in [-0.25, -0.2) is 14.1 Å². The van der Waals surface area contributed by atoms with Crippen molar-refractivity contribution in [1.29, 1.82) is 0 Å². The topological polar surface area (TPSA) is 57.0 Å². The summed E-state index contributed by atoms with van der Waals surface area (Å²) in [6, 6.07) is 13.4. The molecule has 0 aliphatic rings. The zero-order chi connectivity index (χ0) is 19.7. The van der Waals surface area contributed by atoms with E-state index in [4.69, 9.17) is 0 Å². The van der Waals surface area contributed by atoms with E-state index >= 15 is 0 Å². The van der Waals surface area contributed by atoms with Crippen molar-refractivity contribution in [2.45, 2.75) is 6.61 Å². The van der Waals surface area contributed by atoms with Crippen LogP contribution in [0.3, 0.4) is 0 Å². The average molecular weight is 383 g/mol. The van der Waals surface area contributed by atoms with Crippen LogP contribution in [0, 0.1) is 5.82 Å². The molecule has 0 bridgehead atoms. The lowest BCUT2D eigenvalue weighted by atomic mass is 10.1. The number of aromatic nitrogens is 3. The van der Waals surface area contributed by atoms with E-state index in [0.29, 0.717) is 39.8 Å². The Morgan fingerprint density at radius 3 is 2.57 bits per heavy atom. The normalized spacial score (nSPS) is 11.1. The summed E-state index contributed by atoms with van der Waals surface area (Å²) < 4.78 is 44.3. The van der Waals surface area contributed by atoms with Gasteiger partial charge in [0.05, 0.1) is 5.69 Å². The summed E-state index contributed by atoms with van der Waals surface area (Å²) in [4.78, 5) is 15.5. The molecule has 0 aliphatic carbocycles. The van der Waals surface area contributed by atoms with Crippen molar-refractivity contribution >= 4 is 17.3 Å². The fourth-order valence-electron chi connectivity index (χ4n) is 2.87. The first-order valence-corrected chi connectivity index (χ1v) is 8.20. The maximum Gasteiger partial charge on any atom is 0.387 e. The van der Waals surface area contributed by atoms with E-state index in [-0.39, 0.29) is 5.75 Å². The summed E-state index contributed by atoms with van der Waals surface area (Å²) in [5.74, 6) is -0.417. The van der Waals surface area contributed by atoms with Crippen molar-refractivity contribution in [3.05, 3.63) is 72.2 Å². The second-order valence-electron chi connectivity index (χ2n) is 5.90. The van der Waals surface area contributed by atoms with E-state index in [1.165, 1.54) is 35.1 Å². The molecule has 4 aromatic rings. The summed E-state index contributed by atoms with van der Waals surface area (Å²) in [7, 11) is 0. The van der Waals surface area contributed by atoms with E-state index in [2.05, 4.69) is 14.8 Å². The quantitative estimate of drug-likeness (QED) is 0.471. The van der Waals surface area contributed by atoms with Gasteiger partial charge in [-0.3, -0.25) is 4.79 Å². The third-order valence-corrected chi connectivity index (χ3v) is 4.08. The van der Waals surface area contributed by atoms with Crippen LogP contribution in [0.5, 0.6) is 5.75 Å². The van der Waals surface area contributed by atoms with E-state index in [1.54, 1.807) is 30.3 Å². The van der Waals surface area contributed by atoms with Crippen LogP contribution in [0.25, 0.3) is 28.0 Å². The fourth-order valence-corrected chi connectivity index (χ4v) is 2.87. The number of alkyl halides is 2. The number of carbonyl (C=O) groups excluding carboxylic acids is 1. The molecule has 8 heteroatoms. The molecule has 0 atom stereocenters. The Bertz CT molecular complexity index is 1160. The molecule has 0 aliphatic heterocycles. The molecule has 28 heavy (non-hydrogen) atoms. The molecule has 2 heterocycles. The largest absolute Gasteiger partial charge is 0.435 e. The van der Waals surface area contributed by atoms with Crippen molar-refractivity contribution in [3.63, 3.8) is 0 Å². The Morgan fingerprint density at radius 2 is 1.86 bits per heavy atom. The van der Waals surface area contributed by atoms with Crippen molar-refractivity contribution in [3.8, 4) is 22.7 Å². The number of nitrogens with zero attached hydrogens (tertiary/aromatic N) is 3. The number of pyridine rings is 1. The summed E-state index contributed by atoms with van der Waals surface area (Å²) in [5, 5.41) is 5.09.